The van der Waals surface area contributed by atoms with Crippen molar-refractivity contribution in [1.29, 1.82) is 0 Å². The molecular weight excluding hydrogens is 597 g/mol. The lowest BCUT2D eigenvalue weighted by atomic mass is 9.89. The Labute approximate surface area is 270 Å². The van der Waals surface area contributed by atoms with E-state index in [-0.39, 0.29) is 18.2 Å². The van der Waals surface area contributed by atoms with Crippen molar-refractivity contribution in [1.82, 2.24) is 25.6 Å². The fraction of sp³-hybridized carbons (Fsp3) is 0.167. The first-order chi connectivity index (χ1) is 22.8. The van der Waals surface area contributed by atoms with E-state index in [4.69, 9.17) is 0 Å². The van der Waals surface area contributed by atoms with Crippen LogP contribution in [0.3, 0.4) is 0 Å². The Morgan fingerprint density at radius 3 is 2.53 bits per heavy atom. The van der Waals surface area contributed by atoms with Gasteiger partial charge in [-0.1, -0.05) is 30.3 Å². The highest BCUT2D eigenvalue weighted by Gasteiger charge is 2.29. The van der Waals surface area contributed by atoms with Crippen LogP contribution < -0.4 is 21.3 Å². The number of pyridine rings is 1. The zero-order chi connectivity index (χ0) is 32.8. The summed E-state index contributed by atoms with van der Waals surface area (Å²) in [7, 11) is 0. The van der Waals surface area contributed by atoms with Crippen molar-refractivity contribution in [3.05, 3.63) is 131 Å². The smallest absolute Gasteiger partial charge is 0.255 e. The van der Waals surface area contributed by atoms with Crippen LogP contribution in [-0.4, -0.2) is 32.7 Å². The molecule has 0 spiro atoms. The Balaban J connectivity index is 1.02. The minimum absolute atomic E-state index is 0.198. The van der Waals surface area contributed by atoms with Crippen molar-refractivity contribution in [3.8, 4) is 11.3 Å². The molecule has 6 rings (SSSR count). The van der Waals surface area contributed by atoms with Crippen molar-refractivity contribution < 1.29 is 18.8 Å². The molecule has 1 atom stereocenters. The third-order valence-electron chi connectivity index (χ3n) is 7.91. The highest BCUT2D eigenvalue weighted by Crippen LogP contribution is 2.28. The van der Waals surface area contributed by atoms with Gasteiger partial charge in [0.05, 0.1) is 11.6 Å². The number of amides is 3. The zero-order valence-corrected chi connectivity index (χ0v) is 25.6. The zero-order valence-electron chi connectivity index (χ0n) is 25.6. The molecule has 1 aliphatic heterocycles. The average Bonchev–Trinajstić information content (AvgIpc) is 3.08. The van der Waals surface area contributed by atoms with Gasteiger partial charge in [0.2, 0.25) is 17.8 Å². The molecule has 0 saturated carbocycles. The molecule has 2 aromatic heterocycles. The van der Waals surface area contributed by atoms with E-state index < -0.39 is 17.6 Å². The number of halogens is 1. The van der Waals surface area contributed by atoms with Crippen LogP contribution in [-0.2, 0) is 22.7 Å². The number of carbonyl (C=O) groups is 3. The number of imide groups is 1. The number of piperidine rings is 1. The van der Waals surface area contributed by atoms with Crippen LogP contribution in [0.25, 0.3) is 11.3 Å². The van der Waals surface area contributed by atoms with Gasteiger partial charge in [0.1, 0.15) is 5.82 Å². The molecule has 3 aromatic carbocycles. The molecule has 3 amide bonds. The van der Waals surface area contributed by atoms with E-state index in [9.17, 15) is 18.8 Å². The maximum absolute atomic E-state index is 14.8. The van der Waals surface area contributed by atoms with Gasteiger partial charge in [0.15, 0.2) is 0 Å². The van der Waals surface area contributed by atoms with Crippen molar-refractivity contribution in [3.63, 3.8) is 0 Å². The molecule has 1 fully saturated rings. The highest BCUT2D eigenvalue weighted by molar-refractivity contribution is 6.04. The van der Waals surface area contributed by atoms with Gasteiger partial charge in [-0.2, -0.15) is 0 Å². The number of benzene rings is 3. The maximum atomic E-state index is 14.8. The molecule has 1 saturated heterocycles. The molecule has 10 nitrogen and oxygen atoms in total. The Kier molecular flexibility index (Phi) is 9.35. The highest BCUT2D eigenvalue weighted by atomic mass is 19.1. The Morgan fingerprint density at radius 2 is 1.77 bits per heavy atom. The van der Waals surface area contributed by atoms with Crippen molar-refractivity contribution in [2.75, 3.05) is 10.6 Å². The second kappa shape index (κ2) is 14.1. The van der Waals surface area contributed by atoms with Crippen molar-refractivity contribution >= 4 is 35.0 Å². The van der Waals surface area contributed by atoms with E-state index in [2.05, 4.69) is 36.2 Å². The predicted molar refractivity (Wildman–Crippen MR) is 176 cm³/mol. The minimum Gasteiger partial charge on any atom is -0.324 e. The summed E-state index contributed by atoms with van der Waals surface area (Å²) < 4.78 is 14.8. The number of rotatable bonds is 10. The topological polar surface area (TPSA) is 138 Å². The summed E-state index contributed by atoms with van der Waals surface area (Å²) in [6.07, 6.45) is 5.63. The van der Waals surface area contributed by atoms with Gasteiger partial charge in [-0.25, -0.2) is 14.4 Å². The van der Waals surface area contributed by atoms with Gasteiger partial charge in [-0.05, 0) is 78.6 Å². The lowest BCUT2D eigenvalue weighted by molar-refractivity contribution is -0.134. The Bertz CT molecular complexity index is 1930. The first kappa shape index (κ1) is 31.2. The maximum Gasteiger partial charge on any atom is 0.255 e. The van der Waals surface area contributed by atoms with E-state index in [1.54, 1.807) is 42.9 Å². The lowest BCUT2D eigenvalue weighted by Gasteiger charge is -2.21. The third kappa shape index (κ3) is 7.71. The Morgan fingerprint density at radius 1 is 0.957 bits per heavy atom. The molecule has 11 heteroatoms. The second-order valence-electron chi connectivity index (χ2n) is 11.3. The van der Waals surface area contributed by atoms with Crippen LogP contribution in [0.1, 0.15) is 51.4 Å². The molecule has 1 unspecified atom stereocenters. The SMILES string of the molecule is Cc1ccc(NC(=O)c2ccc(CNCc3ccc(C4CCC(=O)NC4=O)c(F)c3)cc2)cc1Nc1nccc(-c2cccnc2)n1. The molecule has 4 N–H and O–H groups in total. The molecular formula is C36H32FN7O3. The van der Waals surface area contributed by atoms with Crippen LogP contribution in [0, 0.1) is 12.7 Å². The summed E-state index contributed by atoms with van der Waals surface area (Å²) in [5.74, 6) is -1.74. The normalized spacial score (nSPS) is 14.4. The lowest BCUT2D eigenvalue weighted by Crippen LogP contribution is -2.39. The molecule has 0 bridgehead atoms. The summed E-state index contributed by atoms with van der Waals surface area (Å²) in [5, 5.41) is 11.8. The first-order valence-corrected chi connectivity index (χ1v) is 15.2. The van der Waals surface area contributed by atoms with E-state index in [0.29, 0.717) is 42.3 Å². The van der Waals surface area contributed by atoms with E-state index in [0.717, 1.165) is 33.6 Å². The molecule has 0 radical (unpaired) electrons. The van der Waals surface area contributed by atoms with Crippen LogP contribution in [0.2, 0.25) is 0 Å². The van der Waals surface area contributed by atoms with E-state index in [1.807, 2.05) is 55.5 Å². The first-order valence-electron chi connectivity index (χ1n) is 15.2. The number of hydrogen-bond acceptors (Lipinski definition) is 8. The van der Waals surface area contributed by atoms with Gasteiger partial charge in [0, 0.05) is 66.2 Å². The van der Waals surface area contributed by atoms with Crippen LogP contribution in [0.4, 0.5) is 21.7 Å². The largest absolute Gasteiger partial charge is 0.324 e. The van der Waals surface area contributed by atoms with Gasteiger partial charge in [-0.3, -0.25) is 24.7 Å². The molecule has 47 heavy (non-hydrogen) atoms. The third-order valence-corrected chi connectivity index (χ3v) is 7.91. The van der Waals surface area contributed by atoms with Gasteiger partial charge in [-0.15, -0.1) is 0 Å². The summed E-state index contributed by atoms with van der Waals surface area (Å²) in [5.41, 5.74) is 6.45. The van der Waals surface area contributed by atoms with Crippen LogP contribution in [0.5, 0.6) is 0 Å². The molecule has 236 valence electrons. The molecule has 0 aliphatic carbocycles. The summed E-state index contributed by atoms with van der Waals surface area (Å²) in [4.78, 5) is 49.7. The number of carbonyl (C=O) groups excluding carboxylic acids is 3. The second-order valence-corrected chi connectivity index (χ2v) is 11.3. The standard InChI is InChI=1S/C36H32FN7O3/c1-22-4-10-27(18-32(22)43-36-40-16-14-31(42-36)26-3-2-15-38-21-26)41-34(46)25-8-5-23(6-9-25)19-39-20-24-7-11-28(30(37)17-24)29-12-13-33(45)44-35(29)47/h2-11,14-18,21,29,39H,12-13,19-20H2,1H3,(H,41,46)(H,40,42,43)(H,44,45,47). The average molecular weight is 630 g/mol. The molecule has 5 aromatic rings. The summed E-state index contributed by atoms with van der Waals surface area (Å²) in [6.45, 7) is 2.88. The van der Waals surface area contributed by atoms with Crippen molar-refractivity contribution in [2.45, 2.75) is 38.8 Å². The fourth-order valence-corrected chi connectivity index (χ4v) is 5.33. The summed E-state index contributed by atoms with van der Waals surface area (Å²) >= 11 is 0. The number of anilines is 3. The number of hydrogen-bond donors (Lipinski definition) is 4. The minimum atomic E-state index is -0.661. The van der Waals surface area contributed by atoms with Gasteiger partial charge in [0.25, 0.3) is 5.91 Å². The molecule has 1 aliphatic rings. The van der Waals surface area contributed by atoms with Crippen molar-refractivity contribution in [2.24, 2.45) is 0 Å². The number of aryl methyl sites for hydroxylation is 1. The van der Waals surface area contributed by atoms with Crippen LogP contribution in [0.15, 0.2) is 97.5 Å². The molecule has 3 heterocycles. The monoisotopic (exact) mass is 629 g/mol. The Hall–Kier alpha value is -5.81. The number of nitrogens with one attached hydrogen (secondary N) is 4. The number of aromatic nitrogens is 3. The number of nitrogens with zero attached hydrogens (tertiary/aromatic N) is 3. The summed E-state index contributed by atoms with van der Waals surface area (Å²) in [6, 6.07) is 23.2. The predicted octanol–water partition coefficient (Wildman–Crippen LogP) is 5.79. The quantitative estimate of drug-likeness (QED) is 0.143. The van der Waals surface area contributed by atoms with E-state index >= 15 is 0 Å². The fourth-order valence-electron chi connectivity index (χ4n) is 5.33. The van der Waals surface area contributed by atoms with Gasteiger partial charge >= 0.3 is 0 Å². The van der Waals surface area contributed by atoms with Gasteiger partial charge < -0.3 is 16.0 Å². The van der Waals surface area contributed by atoms with Crippen LogP contribution >= 0.6 is 0 Å². The van der Waals surface area contributed by atoms with E-state index in [1.165, 1.54) is 6.07 Å².